The van der Waals surface area contributed by atoms with Gasteiger partial charge in [-0.2, -0.15) is 0 Å². The SMILES string of the molecule is O=C(CN1CCC[C@H]1C(=O)Nc1cc(Cl)ccc1Cl)NC(=O)NC1CC1. The molecule has 1 saturated heterocycles. The quantitative estimate of drug-likeness (QED) is 0.709. The number of anilines is 1. The number of likely N-dealkylation sites (tertiary alicyclic amines) is 1. The van der Waals surface area contributed by atoms with Crippen molar-refractivity contribution < 1.29 is 14.4 Å². The van der Waals surface area contributed by atoms with Crippen LogP contribution in [0.5, 0.6) is 0 Å². The molecule has 1 saturated carbocycles. The van der Waals surface area contributed by atoms with Crippen LogP contribution in [0, 0.1) is 0 Å². The summed E-state index contributed by atoms with van der Waals surface area (Å²) in [4.78, 5) is 38.0. The number of imide groups is 1. The van der Waals surface area contributed by atoms with Gasteiger partial charge in [-0.25, -0.2) is 4.79 Å². The molecule has 2 fully saturated rings. The minimum absolute atomic E-state index is 0.0144. The van der Waals surface area contributed by atoms with Crippen molar-refractivity contribution in [2.24, 2.45) is 0 Å². The lowest BCUT2D eigenvalue weighted by atomic mass is 10.2. The molecule has 0 radical (unpaired) electrons. The predicted molar refractivity (Wildman–Crippen MR) is 99.4 cm³/mol. The van der Waals surface area contributed by atoms with Gasteiger partial charge in [-0.05, 0) is 50.4 Å². The highest BCUT2D eigenvalue weighted by Crippen LogP contribution is 2.27. The van der Waals surface area contributed by atoms with Crippen LogP contribution in [0.4, 0.5) is 10.5 Å². The van der Waals surface area contributed by atoms with Crippen LogP contribution in [0.1, 0.15) is 25.7 Å². The third-order valence-electron chi connectivity index (χ3n) is 4.36. The Bertz CT molecular complexity index is 724. The van der Waals surface area contributed by atoms with E-state index in [9.17, 15) is 14.4 Å². The lowest BCUT2D eigenvalue weighted by molar-refractivity contribution is -0.124. The Labute approximate surface area is 161 Å². The Balaban J connectivity index is 1.54. The van der Waals surface area contributed by atoms with Crippen molar-refractivity contribution in [2.75, 3.05) is 18.4 Å². The minimum atomic E-state index is -0.483. The predicted octanol–water partition coefficient (Wildman–Crippen LogP) is 2.38. The summed E-state index contributed by atoms with van der Waals surface area (Å²) in [5, 5.41) is 8.62. The Morgan fingerprint density at radius 1 is 1.15 bits per heavy atom. The number of rotatable bonds is 5. The fourth-order valence-corrected chi connectivity index (χ4v) is 3.26. The Hall–Kier alpha value is -1.83. The second-order valence-electron chi connectivity index (χ2n) is 6.54. The smallest absolute Gasteiger partial charge is 0.321 e. The second-order valence-corrected chi connectivity index (χ2v) is 7.38. The molecule has 26 heavy (non-hydrogen) atoms. The number of amides is 4. The maximum atomic E-state index is 12.6. The number of benzene rings is 1. The summed E-state index contributed by atoms with van der Waals surface area (Å²) in [5.74, 6) is -0.675. The van der Waals surface area contributed by atoms with Crippen molar-refractivity contribution >= 4 is 46.7 Å². The number of hydrogen-bond acceptors (Lipinski definition) is 4. The number of hydrogen-bond donors (Lipinski definition) is 3. The molecule has 0 spiro atoms. The molecule has 1 aromatic rings. The largest absolute Gasteiger partial charge is 0.335 e. The lowest BCUT2D eigenvalue weighted by Crippen LogP contribution is -2.48. The van der Waals surface area contributed by atoms with E-state index in [1.165, 1.54) is 0 Å². The van der Waals surface area contributed by atoms with Crippen LogP contribution in [0.25, 0.3) is 0 Å². The molecule has 3 N–H and O–H groups in total. The van der Waals surface area contributed by atoms with Crippen molar-refractivity contribution in [1.82, 2.24) is 15.5 Å². The van der Waals surface area contributed by atoms with E-state index in [1.807, 2.05) is 0 Å². The first-order valence-electron chi connectivity index (χ1n) is 8.52. The molecule has 140 valence electrons. The van der Waals surface area contributed by atoms with E-state index in [1.54, 1.807) is 23.1 Å². The zero-order valence-electron chi connectivity index (χ0n) is 14.1. The van der Waals surface area contributed by atoms with Gasteiger partial charge in [0.05, 0.1) is 23.3 Å². The summed E-state index contributed by atoms with van der Waals surface area (Å²) in [6.07, 6.45) is 3.32. The number of nitrogens with zero attached hydrogens (tertiary/aromatic N) is 1. The molecule has 4 amide bonds. The summed E-state index contributed by atoms with van der Waals surface area (Å²) in [5.41, 5.74) is 0.435. The standard InChI is InChI=1S/C17H20Cl2N4O3/c18-10-3-6-12(19)13(8-10)21-16(25)14-2-1-7-23(14)9-15(24)22-17(26)20-11-4-5-11/h3,6,8,11,14H,1-2,4-5,7,9H2,(H,21,25)(H2,20,22,24,26)/t14-/m0/s1. The summed E-state index contributed by atoms with van der Waals surface area (Å²) < 4.78 is 0. The average Bonchev–Trinajstić information content (AvgIpc) is 3.25. The van der Waals surface area contributed by atoms with E-state index in [0.29, 0.717) is 28.7 Å². The highest BCUT2D eigenvalue weighted by Gasteiger charge is 2.32. The lowest BCUT2D eigenvalue weighted by Gasteiger charge is -2.23. The highest BCUT2D eigenvalue weighted by molar-refractivity contribution is 6.35. The average molecular weight is 399 g/mol. The Kier molecular flexibility index (Phi) is 6.01. The van der Waals surface area contributed by atoms with Crippen LogP contribution in [0.15, 0.2) is 18.2 Å². The van der Waals surface area contributed by atoms with Crippen LogP contribution < -0.4 is 16.0 Å². The summed E-state index contributed by atoms with van der Waals surface area (Å²) in [6.45, 7) is 0.596. The Morgan fingerprint density at radius 2 is 1.92 bits per heavy atom. The van der Waals surface area contributed by atoms with Crippen LogP contribution in [-0.2, 0) is 9.59 Å². The van der Waals surface area contributed by atoms with E-state index in [4.69, 9.17) is 23.2 Å². The molecule has 0 unspecified atom stereocenters. The molecular formula is C17H20Cl2N4O3. The van der Waals surface area contributed by atoms with Crippen LogP contribution in [0.3, 0.4) is 0 Å². The van der Waals surface area contributed by atoms with Crippen molar-refractivity contribution in [1.29, 1.82) is 0 Å². The highest BCUT2D eigenvalue weighted by atomic mass is 35.5. The van der Waals surface area contributed by atoms with Crippen LogP contribution >= 0.6 is 23.2 Å². The number of nitrogens with one attached hydrogen (secondary N) is 3. The van der Waals surface area contributed by atoms with Crippen LogP contribution in [0.2, 0.25) is 10.0 Å². The van der Waals surface area contributed by atoms with Gasteiger partial charge in [-0.3, -0.25) is 19.8 Å². The van der Waals surface area contributed by atoms with Crippen molar-refractivity contribution in [3.8, 4) is 0 Å². The molecule has 1 aliphatic heterocycles. The van der Waals surface area contributed by atoms with Gasteiger partial charge in [0.1, 0.15) is 0 Å². The third-order valence-corrected chi connectivity index (χ3v) is 4.93. The number of carbonyl (C=O) groups excluding carboxylic acids is 3. The maximum Gasteiger partial charge on any atom is 0.321 e. The topological polar surface area (TPSA) is 90.5 Å². The van der Waals surface area contributed by atoms with E-state index >= 15 is 0 Å². The summed E-state index contributed by atoms with van der Waals surface area (Å²) in [7, 11) is 0. The molecule has 1 aromatic carbocycles. The van der Waals surface area contributed by atoms with Crippen molar-refractivity contribution in [3.63, 3.8) is 0 Å². The Morgan fingerprint density at radius 3 is 2.65 bits per heavy atom. The fraction of sp³-hybridized carbons (Fsp3) is 0.471. The van der Waals surface area contributed by atoms with E-state index in [2.05, 4.69) is 16.0 Å². The molecule has 0 aromatic heterocycles. The van der Waals surface area contributed by atoms with E-state index in [0.717, 1.165) is 19.3 Å². The van der Waals surface area contributed by atoms with E-state index in [-0.39, 0.29) is 18.5 Å². The monoisotopic (exact) mass is 398 g/mol. The first-order valence-corrected chi connectivity index (χ1v) is 9.28. The van der Waals surface area contributed by atoms with Gasteiger partial charge in [0.25, 0.3) is 0 Å². The normalized spacial score (nSPS) is 19.8. The molecule has 0 bridgehead atoms. The van der Waals surface area contributed by atoms with Crippen LogP contribution in [-0.4, -0.2) is 47.9 Å². The van der Waals surface area contributed by atoms with Gasteiger partial charge in [-0.15, -0.1) is 0 Å². The fourth-order valence-electron chi connectivity index (χ4n) is 2.92. The van der Waals surface area contributed by atoms with Crippen molar-refractivity contribution in [3.05, 3.63) is 28.2 Å². The second kappa shape index (κ2) is 8.24. The molecule has 1 heterocycles. The number of halogens is 2. The van der Waals surface area contributed by atoms with Gasteiger partial charge >= 0.3 is 6.03 Å². The zero-order chi connectivity index (χ0) is 18.7. The number of carbonyl (C=O) groups is 3. The number of urea groups is 1. The summed E-state index contributed by atoms with van der Waals surface area (Å²) in [6, 6.07) is 4.06. The van der Waals surface area contributed by atoms with Gasteiger partial charge < -0.3 is 10.6 Å². The van der Waals surface area contributed by atoms with Gasteiger partial charge in [0.2, 0.25) is 11.8 Å². The zero-order valence-corrected chi connectivity index (χ0v) is 15.6. The minimum Gasteiger partial charge on any atom is -0.335 e. The third kappa shape index (κ3) is 5.09. The van der Waals surface area contributed by atoms with Gasteiger partial charge in [0, 0.05) is 11.1 Å². The molecule has 2 aliphatic rings. The maximum absolute atomic E-state index is 12.6. The van der Waals surface area contributed by atoms with E-state index < -0.39 is 18.0 Å². The summed E-state index contributed by atoms with van der Waals surface area (Å²) >= 11 is 12.0. The first kappa shape index (κ1) is 18.9. The van der Waals surface area contributed by atoms with Crippen molar-refractivity contribution in [2.45, 2.75) is 37.8 Å². The molecule has 7 nitrogen and oxygen atoms in total. The molecule has 9 heteroatoms. The van der Waals surface area contributed by atoms with Gasteiger partial charge in [0.15, 0.2) is 0 Å². The molecular weight excluding hydrogens is 379 g/mol. The molecule has 1 atom stereocenters. The molecule has 1 aliphatic carbocycles. The first-order chi connectivity index (χ1) is 12.4. The van der Waals surface area contributed by atoms with Gasteiger partial charge in [-0.1, -0.05) is 23.2 Å². The molecule has 3 rings (SSSR count).